The highest BCUT2D eigenvalue weighted by atomic mass is 16.3. The molecule has 0 N–H and O–H groups in total. The van der Waals surface area contributed by atoms with E-state index in [2.05, 4.69) is 15.4 Å². The third-order valence-electron chi connectivity index (χ3n) is 1.23. The van der Waals surface area contributed by atoms with Crippen LogP contribution < -0.4 is 0 Å². The van der Waals surface area contributed by atoms with Crippen molar-refractivity contribution in [3.05, 3.63) is 17.9 Å². The van der Waals surface area contributed by atoms with Crippen LogP contribution in [-0.4, -0.2) is 15.4 Å². The van der Waals surface area contributed by atoms with E-state index in [0.717, 1.165) is 5.56 Å². The van der Waals surface area contributed by atoms with E-state index < -0.39 is 0 Å². The highest BCUT2D eigenvalue weighted by Crippen LogP contribution is 2.15. The summed E-state index contributed by atoms with van der Waals surface area (Å²) in [7, 11) is 0. The molecule has 2 heterocycles. The molecule has 2 aliphatic rings. The number of rotatable bonds is 0. The first kappa shape index (κ1) is 5.34. The second-order valence-corrected chi connectivity index (χ2v) is 2.10. The zero-order valence-corrected chi connectivity index (χ0v) is 5.40. The number of fused-ring (bicyclic) bond motifs is 1. The van der Waals surface area contributed by atoms with Crippen molar-refractivity contribution < 1.29 is 4.42 Å². The molecule has 0 saturated carbocycles. The van der Waals surface area contributed by atoms with Crippen LogP contribution in [0.3, 0.4) is 0 Å². The molecular weight excluding hydrogens is 130 g/mol. The molecule has 0 unspecified atom stereocenters. The van der Waals surface area contributed by atoms with Crippen molar-refractivity contribution in [1.82, 2.24) is 15.4 Å². The maximum atomic E-state index is 5.05. The summed E-state index contributed by atoms with van der Waals surface area (Å²) >= 11 is 0. The summed E-state index contributed by atoms with van der Waals surface area (Å²) in [6, 6.07) is 1.87. The molecule has 0 atom stereocenters. The molecule has 0 fully saturated rings. The van der Waals surface area contributed by atoms with Crippen LogP contribution in [0.25, 0.3) is 11.6 Å². The molecule has 10 heavy (non-hydrogen) atoms. The van der Waals surface area contributed by atoms with Gasteiger partial charge in [0.25, 0.3) is 5.89 Å². The van der Waals surface area contributed by atoms with E-state index >= 15 is 0 Å². The smallest absolute Gasteiger partial charge is 0.268 e. The lowest BCUT2D eigenvalue weighted by molar-refractivity contribution is 0.542. The van der Waals surface area contributed by atoms with Gasteiger partial charge in [0.1, 0.15) is 0 Å². The van der Waals surface area contributed by atoms with E-state index in [1.54, 1.807) is 6.26 Å². The number of aryl methyl sites for hydroxylation is 1. The summed E-state index contributed by atoms with van der Waals surface area (Å²) in [5.41, 5.74) is 1.73. The predicted molar refractivity (Wildman–Crippen MR) is 33.5 cm³/mol. The molecule has 0 aromatic rings. The van der Waals surface area contributed by atoms with Crippen LogP contribution in [0.5, 0.6) is 0 Å². The van der Waals surface area contributed by atoms with Gasteiger partial charge in [-0.3, -0.25) is 0 Å². The quantitative estimate of drug-likeness (QED) is 0.538. The minimum Gasteiger partial charge on any atom is -0.444 e. The van der Waals surface area contributed by atoms with Gasteiger partial charge >= 0.3 is 0 Å². The van der Waals surface area contributed by atoms with E-state index in [9.17, 15) is 0 Å². The average Bonchev–Trinajstić information content (AvgIpc) is 2.33. The fourth-order valence-electron chi connectivity index (χ4n) is 0.778. The van der Waals surface area contributed by atoms with Crippen molar-refractivity contribution in [2.45, 2.75) is 6.92 Å². The molecule has 2 aliphatic heterocycles. The third kappa shape index (κ3) is 0.655. The Morgan fingerprint density at radius 2 is 2.30 bits per heavy atom. The summed E-state index contributed by atoms with van der Waals surface area (Å²) in [5.74, 6) is 0.491. The van der Waals surface area contributed by atoms with Gasteiger partial charge in [0.15, 0.2) is 5.69 Å². The van der Waals surface area contributed by atoms with Gasteiger partial charge in [-0.25, -0.2) is 0 Å². The molecule has 0 saturated heterocycles. The number of hydrogen-bond acceptors (Lipinski definition) is 4. The molecule has 4 nitrogen and oxygen atoms in total. The zero-order chi connectivity index (χ0) is 6.97. The maximum Gasteiger partial charge on any atom is 0.268 e. The largest absolute Gasteiger partial charge is 0.444 e. The lowest BCUT2D eigenvalue weighted by Crippen LogP contribution is -1.78. The highest BCUT2D eigenvalue weighted by Gasteiger charge is 2.07. The van der Waals surface area contributed by atoms with Gasteiger partial charge in [-0.1, -0.05) is 5.10 Å². The van der Waals surface area contributed by atoms with Crippen LogP contribution in [0.15, 0.2) is 16.7 Å². The van der Waals surface area contributed by atoms with Gasteiger partial charge in [0.05, 0.1) is 6.26 Å². The van der Waals surface area contributed by atoms with Crippen LogP contribution in [0, 0.1) is 6.92 Å². The Morgan fingerprint density at radius 3 is 3.20 bits per heavy atom. The molecule has 4 heteroatoms. The minimum atomic E-state index is 0.491. The predicted octanol–water partition coefficient (Wildman–Crippen LogP) is 0.878. The summed E-state index contributed by atoms with van der Waals surface area (Å²) in [5, 5.41) is 10.8. The monoisotopic (exact) mass is 135 g/mol. The first-order valence-corrected chi connectivity index (χ1v) is 2.90. The average molecular weight is 135 g/mol. The molecule has 0 radical (unpaired) electrons. The SMILES string of the molecule is Cc1coc2nnnc-2c1. The third-order valence-corrected chi connectivity index (χ3v) is 1.23. The van der Waals surface area contributed by atoms with Gasteiger partial charge in [-0.2, -0.15) is 0 Å². The Hall–Kier alpha value is -1.45. The Balaban J connectivity index is 2.75. The van der Waals surface area contributed by atoms with Gasteiger partial charge in [0.2, 0.25) is 0 Å². The molecule has 0 aliphatic carbocycles. The van der Waals surface area contributed by atoms with E-state index in [-0.39, 0.29) is 0 Å². The zero-order valence-electron chi connectivity index (χ0n) is 5.40. The van der Waals surface area contributed by atoms with Crippen LogP contribution >= 0.6 is 0 Å². The number of nitrogens with zero attached hydrogens (tertiary/aromatic N) is 3. The molecule has 0 spiro atoms. The molecule has 0 aromatic carbocycles. The summed E-state index contributed by atoms with van der Waals surface area (Å²) < 4.78 is 5.05. The summed E-state index contributed by atoms with van der Waals surface area (Å²) in [6.45, 7) is 1.93. The van der Waals surface area contributed by atoms with Crippen molar-refractivity contribution in [2.75, 3.05) is 0 Å². The van der Waals surface area contributed by atoms with Gasteiger partial charge in [-0.15, -0.1) is 5.10 Å². The van der Waals surface area contributed by atoms with Crippen molar-refractivity contribution >= 4 is 0 Å². The summed E-state index contributed by atoms with van der Waals surface area (Å²) in [6.07, 6.45) is 1.62. The first-order valence-electron chi connectivity index (χ1n) is 2.90. The fraction of sp³-hybridized carbons (Fsp3) is 0.167. The minimum absolute atomic E-state index is 0.491. The Kier molecular flexibility index (Phi) is 0.943. The molecular formula is C6H5N3O. The standard InChI is InChI=1S/C6H5N3O/c1-4-2-5-6(10-3-4)8-9-7-5/h2-3H,1H3. The van der Waals surface area contributed by atoms with Gasteiger partial charge in [-0.05, 0) is 23.8 Å². The molecule has 50 valence electrons. The van der Waals surface area contributed by atoms with Crippen molar-refractivity contribution in [2.24, 2.45) is 0 Å². The van der Waals surface area contributed by atoms with Crippen LogP contribution in [-0.2, 0) is 0 Å². The first-order chi connectivity index (χ1) is 4.86. The molecule has 0 amide bonds. The second kappa shape index (κ2) is 1.76. The number of hydrogen-bond donors (Lipinski definition) is 0. The van der Waals surface area contributed by atoms with Crippen LogP contribution in [0.2, 0.25) is 0 Å². The molecule has 0 bridgehead atoms. The lowest BCUT2D eigenvalue weighted by atomic mass is 10.3. The van der Waals surface area contributed by atoms with E-state index in [1.165, 1.54) is 0 Å². The Labute approximate surface area is 57.2 Å². The molecule has 0 aromatic heterocycles. The topological polar surface area (TPSA) is 51.8 Å². The second-order valence-electron chi connectivity index (χ2n) is 2.10. The van der Waals surface area contributed by atoms with Crippen LogP contribution in [0.4, 0.5) is 0 Å². The summed E-state index contributed by atoms with van der Waals surface area (Å²) in [4.78, 5) is 0. The highest BCUT2D eigenvalue weighted by molar-refractivity contribution is 5.46. The van der Waals surface area contributed by atoms with E-state index in [1.807, 2.05) is 13.0 Å². The number of aromatic nitrogens is 3. The van der Waals surface area contributed by atoms with E-state index in [0.29, 0.717) is 11.6 Å². The lowest BCUT2D eigenvalue weighted by Gasteiger charge is -1.92. The fourth-order valence-corrected chi connectivity index (χ4v) is 0.778. The van der Waals surface area contributed by atoms with Crippen molar-refractivity contribution in [1.29, 1.82) is 0 Å². The van der Waals surface area contributed by atoms with Crippen molar-refractivity contribution in [3.8, 4) is 11.6 Å². The molecule has 2 rings (SSSR count). The van der Waals surface area contributed by atoms with E-state index in [4.69, 9.17) is 4.42 Å². The van der Waals surface area contributed by atoms with Crippen LogP contribution in [0.1, 0.15) is 5.56 Å². The maximum absolute atomic E-state index is 5.05. The Bertz CT molecular complexity index is 317. The van der Waals surface area contributed by atoms with Crippen molar-refractivity contribution in [3.63, 3.8) is 0 Å². The van der Waals surface area contributed by atoms with Gasteiger partial charge in [0, 0.05) is 0 Å². The normalized spacial score (nSPS) is 10.5. The van der Waals surface area contributed by atoms with Gasteiger partial charge < -0.3 is 4.42 Å². The Morgan fingerprint density at radius 1 is 1.40 bits per heavy atom.